The lowest BCUT2D eigenvalue weighted by atomic mass is 10.2. The van der Waals surface area contributed by atoms with Crippen molar-refractivity contribution in [1.29, 1.82) is 0 Å². The Morgan fingerprint density at radius 1 is 0.731 bits per heavy atom. The predicted molar refractivity (Wildman–Crippen MR) is 92.6 cm³/mol. The molecule has 0 spiro atoms. The van der Waals surface area contributed by atoms with Crippen LogP contribution in [0.25, 0.3) is 0 Å². The first-order chi connectivity index (χ1) is 12.4. The van der Waals surface area contributed by atoms with Gasteiger partial charge in [0, 0.05) is 0 Å². The van der Waals surface area contributed by atoms with E-state index in [1.54, 1.807) is 0 Å². The molecule has 0 unspecified atom stereocenters. The smallest absolute Gasteiger partial charge is 0.262 e. The molecule has 0 fully saturated rings. The van der Waals surface area contributed by atoms with Crippen LogP contribution in [0.1, 0.15) is 5.56 Å². The molecule has 134 valence electrons. The second-order valence-corrected chi connectivity index (χ2v) is 7.43. The fourth-order valence-corrected chi connectivity index (χ4v) is 3.88. The standard InChI is InChI=1S/C19H14F3NO2S/c20-15-6-4-14(5-7-15)13-23(18-3-1-2-17(22)12-18)26(24,25)19-10-8-16(21)9-11-19/h1-12H,13H2. The van der Waals surface area contributed by atoms with Gasteiger partial charge in [-0.05, 0) is 60.2 Å². The molecule has 3 aromatic carbocycles. The highest BCUT2D eigenvalue weighted by Gasteiger charge is 2.25. The summed E-state index contributed by atoms with van der Waals surface area (Å²) in [5.74, 6) is -1.62. The van der Waals surface area contributed by atoms with Gasteiger partial charge in [-0.15, -0.1) is 0 Å². The van der Waals surface area contributed by atoms with Crippen LogP contribution in [0.4, 0.5) is 18.9 Å². The number of benzene rings is 3. The van der Waals surface area contributed by atoms with Gasteiger partial charge in [0.05, 0.1) is 17.1 Å². The van der Waals surface area contributed by atoms with Gasteiger partial charge in [0.2, 0.25) is 0 Å². The number of hydrogen-bond donors (Lipinski definition) is 0. The highest BCUT2D eigenvalue weighted by Crippen LogP contribution is 2.26. The first kappa shape index (κ1) is 18.0. The molecular weight excluding hydrogens is 363 g/mol. The fourth-order valence-electron chi connectivity index (χ4n) is 2.44. The molecule has 0 saturated carbocycles. The molecule has 0 atom stereocenters. The van der Waals surface area contributed by atoms with Crippen molar-refractivity contribution in [3.63, 3.8) is 0 Å². The zero-order valence-electron chi connectivity index (χ0n) is 13.4. The molecule has 0 bridgehead atoms. The first-order valence-electron chi connectivity index (χ1n) is 7.64. The van der Waals surface area contributed by atoms with Crippen molar-refractivity contribution in [3.05, 3.63) is 95.8 Å². The van der Waals surface area contributed by atoms with Gasteiger partial charge in [-0.1, -0.05) is 18.2 Å². The van der Waals surface area contributed by atoms with Crippen molar-refractivity contribution in [2.45, 2.75) is 11.4 Å². The van der Waals surface area contributed by atoms with Gasteiger partial charge in [-0.2, -0.15) is 0 Å². The van der Waals surface area contributed by atoms with Gasteiger partial charge in [-0.3, -0.25) is 4.31 Å². The summed E-state index contributed by atoms with van der Waals surface area (Å²) in [6.07, 6.45) is 0. The number of anilines is 1. The van der Waals surface area contributed by atoms with Crippen LogP contribution in [-0.2, 0) is 16.6 Å². The largest absolute Gasteiger partial charge is 0.264 e. The average molecular weight is 377 g/mol. The monoisotopic (exact) mass is 377 g/mol. The van der Waals surface area contributed by atoms with Crippen LogP contribution in [0, 0.1) is 17.5 Å². The molecule has 3 nitrogen and oxygen atoms in total. The van der Waals surface area contributed by atoms with Crippen LogP contribution in [-0.4, -0.2) is 8.42 Å². The van der Waals surface area contributed by atoms with E-state index in [0.29, 0.717) is 5.56 Å². The second-order valence-electron chi connectivity index (χ2n) is 5.57. The third-order valence-electron chi connectivity index (χ3n) is 3.74. The fraction of sp³-hybridized carbons (Fsp3) is 0.0526. The van der Waals surface area contributed by atoms with Crippen molar-refractivity contribution in [3.8, 4) is 0 Å². The van der Waals surface area contributed by atoms with Gasteiger partial charge >= 0.3 is 0 Å². The van der Waals surface area contributed by atoms with Crippen LogP contribution in [0.2, 0.25) is 0 Å². The Balaban J connectivity index is 2.07. The summed E-state index contributed by atoms with van der Waals surface area (Å²) in [4.78, 5) is -0.134. The molecule has 0 amide bonds. The Labute approximate surface area is 149 Å². The number of hydrogen-bond acceptors (Lipinski definition) is 2. The molecule has 0 aliphatic rings. The molecule has 0 aromatic heterocycles. The summed E-state index contributed by atoms with van der Waals surface area (Å²) in [6.45, 7) is -0.135. The molecule has 0 heterocycles. The SMILES string of the molecule is O=S(=O)(c1ccc(F)cc1)N(Cc1ccc(F)cc1)c1cccc(F)c1. The average Bonchev–Trinajstić information content (AvgIpc) is 2.61. The molecule has 3 aromatic rings. The molecule has 0 aliphatic heterocycles. The third-order valence-corrected chi connectivity index (χ3v) is 5.53. The number of nitrogens with zero attached hydrogens (tertiary/aromatic N) is 1. The molecule has 0 radical (unpaired) electrons. The minimum Gasteiger partial charge on any atom is -0.262 e. The summed E-state index contributed by atoms with van der Waals surface area (Å²) >= 11 is 0. The van der Waals surface area contributed by atoms with Gasteiger partial charge in [0.15, 0.2) is 0 Å². The topological polar surface area (TPSA) is 37.4 Å². The summed E-state index contributed by atoms with van der Waals surface area (Å²) in [6, 6.07) is 14.8. The van der Waals surface area contributed by atoms with E-state index in [4.69, 9.17) is 0 Å². The van der Waals surface area contributed by atoms with E-state index in [2.05, 4.69) is 0 Å². The number of sulfonamides is 1. The summed E-state index contributed by atoms with van der Waals surface area (Å²) in [5, 5.41) is 0. The first-order valence-corrected chi connectivity index (χ1v) is 9.08. The van der Waals surface area contributed by atoms with Gasteiger partial charge in [0.1, 0.15) is 17.5 Å². The minimum atomic E-state index is -4.09. The van der Waals surface area contributed by atoms with E-state index < -0.39 is 27.5 Å². The molecule has 26 heavy (non-hydrogen) atoms. The Morgan fingerprint density at radius 2 is 1.31 bits per heavy atom. The number of rotatable bonds is 5. The molecule has 0 N–H and O–H groups in total. The second kappa shape index (κ2) is 7.21. The Kier molecular flexibility index (Phi) is 4.99. The summed E-state index contributed by atoms with van der Waals surface area (Å²) in [5.41, 5.74) is 0.625. The zero-order valence-corrected chi connectivity index (χ0v) is 14.3. The van der Waals surface area contributed by atoms with E-state index in [9.17, 15) is 21.6 Å². The van der Waals surface area contributed by atoms with Crippen molar-refractivity contribution in [2.24, 2.45) is 0 Å². The van der Waals surface area contributed by atoms with Crippen LogP contribution in [0.3, 0.4) is 0 Å². The maximum Gasteiger partial charge on any atom is 0.264 e. The van der Waals surface area contributed by atoms with Crippen LogP contribution < -0.4 is 4.31 Å². The van der Waals surface area contributed by atoms with Crippen molar-refractivity contribution < 1.29 is 21.6 Å². The molecule has 7 heteroatoms. The van der Waals surface area contributed by atoms with Gasteiger partial charge < -0.3 is 0 Å². The van der Waals surface area contributed by atoms with E-state index in [0.717, 1.165) is 34.6 Å². The van der Waals surface area contributed by atoms with Crippen molar-refractivity contribution in [1.82, 2.24) is 0 Å². The number of halogens is 3. The lowest BCUT2D eigenvalue weighted by molar-refractivity contribution is 0.588. The van der Waals surface area contributed by atoms with E-state index in [-0.39, 0.29) is 17.1 Å². The van der Waals surface area contributed by atoms with Crippen LogP contribution in [0.15, 0.2) is 77.7 Å². The van der Waals surface area contributed by atoms with E-state index >= 15 is 0 Å². The minimum absolute atomic E-state index is 0.110. The highest BCUT2D eigenvalue weighted by atomic mass is 32.2. The summed E-state index contributed by atoms with van der Waals surface area (Å²) in [7, 11) is -4.09. The van der Waals surface area contributed by atoms with Gasteiger partial charge in [0.25, 0.3) is 10.0 Å². The molecular formula is C19H14F3NO2S. The third kappa shape index (κ3) is 3.88. The van der Waals surface area contributed by atoms with E-state index in [1.807, 2.05) is 0 Å². The lowest BCUT2D eigenvalue weighted by Crippen LogP contribution is -2.30. The quantitative estimate of drug-likeness (QED) is 0.657. The van der Waals surface area contributed by atoms with Crippen molar-refractivity contribution in [2.75, 3.05) is 4.31 Å². The van der Waals surface area contributed by atoms with Gasteiger partial charge in [-0.25, -0.2) is 21.6 Å². The highest BCUT2D eigenvalue weighted by molar-refractivity contribution is 7.92. The van der Waals surface area contributed by atoms with Crippen LogP contribution >= 0.6 is 0 Å². The van der Waals surface area contributed by atoms with Crippen molar-refractivity contribution >= 4 is 15.7 Å². The van der Waals surface area contributed by atoms with E-state index in [1.165, 1.54) is 42.5 Å². The Hall–Kier alpha value is -2.80. The van der Waals surface area contributed by atoms with Crippen LogP contribution in [0.5, 0.6) is 0 Å². The molecule has 3 rings (SSSR count). The molecule has 0 saturated heterocycles. The normalized spacial score (nSPS) is 11.3. The Bertz CT molecular complexity index is 1000. The molecule has 0 aliphatic carbocycles. The summed E-state index contributed by atoms with van der Waals surface area (Å²) < 4.78 is 67.0. The predicted octanol–water partition coefficient (Wildman–Crippen LogP) is 4.50. The maximum atomic E-state index is 13.6. The lowest BCUT2D eigenvalue weighted by Gasteiger charge is -2.25. The Morgan fingerprint density at radius 3 is 1.88 bits per heavy atom. The maximum absolute atomic E-state index is 13.6. The zero-order chi connectivity index (χ0) is 18.7.